The number of halogens is 3. The van der Waals surface area contributed by atoms with E-state index in [4.69, 9.17) is 40.5 Å². The number of amidine groups is 1. The number of nitrogen functional groups attached to an aromatic ring is 1. The summed E-state index contributed by atoms with van der Waals surface area (Å²) >= 11 is 18.3. The van der Waals surface area contributed by atoms with Crippen molar-refractivity contribution in [2.75, 3.05) is 19.8 Å². The Labute approximate surface area is 137 Å². The Bertz CT molecular complexity index is 714. The highest BCUT2D eigenvalue weighted by Crippen LogP contribution is 2.38. The van der Waals surface area contributed by atoms with Crippen molar-refractivity contribution in [1.82, 2.24) is 10.3 Å². The standard InChI is InChI=1S/C14H13Cl3N4/c1-19-14(20-2)11-4-3-8(13(18)21-11)9-5-7(15)6-10(16)12(9)17/h3-6H,1-2H3,(H2,18,21)(H,19,20). The van der Waals surface area contributed by atoms with E-state index in [-0.39, 0.29) is 0 Å². The molecule has 1 heterocycles. The van der Waals surface area contributed by atoms with E-state index >= 15 is 0 Å². The van der Waals surface area contributed by atoms with E-state index < -0.39 is 0 Å². The predicted molar refractivity (Wildman–Crippen MR) is 90.6 cm³/mol. The number of rotatable bonds is 2. The van der Waals surface area contributed by atoms with Gasteiger partial charge in [0.2, 0.25) is 0 Å². The lowest BCUT2D eigenvalue weighted by Gasteiger charge is -2.11. The SMILES string of the molecule is CN=C(NC)c1ccc(-c2cc(Cl)cc(Cl)c2Cl)c(N)n1. The molecule has 0 atom stereocenters. The van der Waals surface area contributed by atoms with E-state index in [1.165, 1.54) is 0 Å². The van der Waals surface area contributed by atoms with Crippen LogP contribution < -0.4 is 11.1 Å². The summed E-state index contributed by atoms with van der Waals surface area (Å²) in [4.78, 5) is 8.42. The molecule has 0 aliphatic rings. The molecule has 0 amide bonds. The third kappa shape index (κ3) is 3.23. The van der Waals surface area contributed by atoms with Gasteiger partial charge in [-0.3, -0.25) is 4.99 Å². The molecule has 4 nitrogen and oxygen atoms in total. The lowest BCUT2D eigenvalue weighted by atomic mass is 10.1. The van der Waals surface area contributed by atoms with Crippen LogP contribution in [-0.2, 0) is 0 Å². The number of nitrogens with one attached hydrogen (secondary N) is 1. The molecule has 0 saturated carbocycles. The molecule has 0 fully saturated rings. The normalized spacial score (nSPS) is 11.6. The van der Waals surface area contributed by atoms with E-state index in [0.717, 1.165) is 0 Å². The molecule has 2 rings (SSSR count). The Morgan fingerprint density at radius 2 is 1.90 bits per heavy atom. The first kappa shape index (κ1) is 15.9. The van der Waals surface area contributed by atoms with Crippen molar-refractivity contribution < 1.29 is 0 Å². The first-order valence-corrected chi connectivity index (χ1v) is 7.17. The van der Waals surface area contributed by atoms with Gasteiger partial charge in [0.1, 0.15) is 17.3 Å². The summed E-state index contributed by atoms with van der Waals surface area (Å²) in [5.74, 6) is 0.965. The summed E-state index contributed by atoms with van der Waals surface area (Å²) in [6, 6.07) is 6.90. The van der Waals surface area contributed by atoms with Crippen LogP contribution in [0.15, 0.2) is 29.3 Å². The van der Waals surface area contributed by atoms with Crippen LogP contribution >= 0.6 is 34.8 Å². The molecule has 3 N–H and O–H groups in total. The largest absolute Gasteiger partial charge is 0.383 e. The van der Waals surface area contributed by atoms with E-state index in [0.29, 0.717) is 43.5 Å². The van der Waals surface area contributed by atoms with Gasteiger partial charge in [0, 0.05) is 30.2 Å². The first-order chi connectivity index (χ1) is 9.97. The van der Waals surface area contributed by atoms with Crippen LogP contribution in [0.25, 0.3) is 11.1 Å². The summed E-state index contributed by atoms with van der Waals surface area (Å²) in [7, 11) is 3.44. The second-order valence-electron chi connectivity index (χ2n) is 4.20. The molecule has 0 unspecified atom stereocenters. The van der Waals surface area contributed by atoms with E-state index in [1.54, 1.807) is 32.3 Å². The minimum absolute atomic E-state index is 0.323. The molecule has 1 aromatic heterocycles. The molecule has 0 aliphatic carbocycles. The fourth-order valence-corrected chi connectivity index (χ4v) is 2.65. The van der Waals surface area contributed by atoms with Gasteiger partial charge in [-0.2, -0.15) is 0 Å². The zero-order valence-corrected chi connectivity index (χ0v) is 13.7. The molecular formula is C14H13Cl3N4. The Hall–Kier alpha value is -1.49. The highest BCUT2D eigenvalue weighted by molar-refractivity contribution is 6.45. The van der Waals surface area contributed by atoms with E-state index in [1.807, 2.05) is 6.07 Å². The maximum Gasteiger partial charge on any atom is 0.146 e. The van der Waals surface area contributed by atoms with Gasteiger partial charge < -0.3 is 11.1 Å². The monoisotopic (exact) mass is 342 g/mol. The minimum Gasteiger partial charge on any atom is -0.383 e. The number of hydrogen-bond donors (Lipinski definition) is 2. The maximum atomic E-state index is 6.22. The minimum atomic E-state index is 0.323. The van der Waals surface area contributed by atoms with Crippen LogP contribution in [0.1, 0.15) is 5.69 Å². The van der Waals surface area contributed by atoms with E-state index in [9.17, 15) is 0 Å². The highest BCUT2D eigenvalue weighted by Gasteiger charge is 2.14. The molecule has 0 radical (unpaired) electrons. The Kier molecular flexibility index (Phi) is 4.93. The number of anilines is 1. The van der Waals surface area contributed by atoms with Crippen LogP contribution in [0.3, 0.4) is 0 Å². The van der Waals surface area contributed by atoms with Gasteiger partial charge in [-0.15, -0.1) is 0 Å². The van der Waals surface area contributed by atoms with Crippen LogP contribution in [-0.4, -0.2) is 24.9 Å². The molecule has 21 heavy (non-hydrogen) atoms. The maximum absolute atomic E-state index is 6.22. The molecule has 1 aromatic carbocycles. The lowest BCUT2D eigenvalue weighted by molar-refractivity contribution is 1.12. The van der Waals surface area contributed by atoms with Crippen LogP contribution in [0.2, 0.25) is 15.1 Å². The highest BCUT2D eigenvalue weighted by atomic mass is 35.5. The molecule has 2 aromatic rings. The molecule has 0 spiro atoms. The van der Waals surface area contributed by atoms with Crippen LogP contribution in [0.4, 0.5) is 5.82 Å². The summed E-state index contributed by atoms with van der Waals surface area (Å²) in [5.41, 5.74) is 7.98. The lowest BCUT2D eigenvalue weighted by Crippen LogP contribution is -2.21. The first-order valence-electron chi connectivity index (χ1n) is 6.04. The van der Waals surface area contributed by atoms with Gasteiger partial charge in [0.25, 0.3) is 0 Å². The van der Waals surface area contributed by atoms with Crippen LogP contribution in [0.5, 0.6) is 0 Å². The molecular weight excluding hydrogens is 331 g/mol. The molecule has 110 valence electrons. The van der Waals surface area contributed by atoms with Gasteiger partial charge in [-0.1, -0.05) is 34.8 Å². The topological polar surface area (TPSA) is 63.3 Å². The third-order valence-electron chi connectivity index (χ3n) is 2.91. The molecule has 0 aliphatic heterocycles. The average Bonchev–Trinajstić information content (AvgIpc) is 2.45. The number of aliphatic imine (C=N–C) groups is 1. The smallest absolute Gasteiger partial charge is 0.146 e. The molecule has 0 saturated heterocycles. The third-order valence-corrected chi connectivity index (χ3v) is 3.93. The predicted octanol–water partition coefficient (Wildman–Crippen LogP) is 3.89. The number of nitrogens with zero attached hydrogens (tertiary/aromatic N) is 2. The van der Waals surface area contributed by atoms with Gasteiger partial charge in [0.15, 0.2) is 0 Å². The Balaban J connectivity index is 2.57. The summed E-state index contributed by atoms with van der Waals surface area (Å²) in [5, 5.41) is 4.19. The van der Waals surface area contributed by atoms with Crippen LogP contribution in [0, 0.1) is 0 Å². The van der Waals surface area contributed by atoms with Crippen molar-refractivity contribution in [1.29, 1.82) is 0 Å². The van der Waals surface area contributed by atoms with Gasteiger partial charge in [-0.05, 0) is 24.3 Å². The van der Waals surface area contributed by atoms with Crippen molar-refractivity contribution in [3.8, 4) is 11.1 Å². The van der Waals surface area contributed by atoms with Gasteiger partial charge >= 0.3 is 0 Å². The molecule has 7 heteroatoms. The second kappa shape index (κ2) is 6.52. The zero-order chi connectivity index (χ0) is 15.6. The number of pyridine rings is 1. The van der Waals surface area contributed by atoms with Crippen molar-refractivity contribution in [2.24, 2.45) is 4.99 Å². The van der Waals surface area contributed by atoms with Crippen molar-refractivity contribution in [3.05, 3.63) is 45.0 Å². The zero-order valence-electron chi connectivity index (χ0n) is 11.4. The fraction of sp³-hybridized carbons (Fsp3) is 0.143. The van der Waals surface area contributed by atoms with Gasteiger partial charge in [-0.25, -0.2) is 4.98 Å². The fourth-order valence-electron chi connectivity index (χ4n) is 1.94. The van der Waals surface area contributed by atoms with Gasteiger partial charge in [0.05, 0.1) is 10.0 Å². The van der Waals surface area contributed by atoms with Crippen molar-refractivity contribution in [3.63, 3.8) is 0 Å². The summed E-state index contributed by atoms with van der Waals surface area (Å²) in [6.07, 6.45) is 0. The quantitative estimate of drug-likeness (QED) is 0.494. The Morgan fingerprint density at radius 3 is 2.48 bits per heavy atom. The summed E-state index contributed by atoms with van der Waals surface area (Å²) in [6.45, 7) is 0. The molecule has 0 bridgehead atoms. The average molecular weight is 344 g/mol. The number of aromatic nitrogens is 1. The number of benzene rings is 1. The number of hydrogen-bond acceptors (Lipinski definition) is 3. The summed E-state index contributed by atoms with van der Waals surface area (Å²) < 4.78 is 0. The Morgan fingerprint density at radius 1 is 1.19 bits per heavy atom. The second-order valence-corrected chi connectivity index (χ2v) is 5.42. The van der Waals surface area contributed by atoms with Crippen molar-refractivity contribution >= 4 is 46.5 Å². The number of nitrogens with two attached hydrogens (primary N) is 1. The van der Waals surface area contributed by atoms with Crippen molar-refractivity contribution in [2.45, 2.75) is 0 Å². The van der Waals surface area contributed by atoms with E-state index in [2.05, 4.69) is 15.3 Å².